The van der Waals surface area contributed by atoms with E-state index in [0.717, 1.165) is 22.4 Å². The van der Waals surface area contributed by atoms with Crippen LogP contribution < -0.4 is 15.7 Å². The maximum absolute atomic E-state index is 11.2. The Morgan fingerprint density at radius 1 is 1.15 bits per heavy atom. The van der Waals surface area contributed by atoms with Gasteiger partial charge in [-0.15, -0.1) is 11.3 Å². The molecule has 0 spiro atoms. The van der Waals surface area contributed by atoms with E-state index in [0.29, 0.717) is 16.5 Å². The number of anilines is 2. The molecule has 2 aromatic heterocycles. The molecule has 4 aromatic rings. The predicted molar refractivity (Wildman–Crippen MR) is 108 cm³/mol. The number of benzene rings is 2. The van der Waals surface area contributed by atoms with Gasteiger partial charge >= 0.3 is 5.63 Å². The molecule has 0 aliphatic carbocycles. The molecule has 7 heteroatoms. The lowest BCUT2D eigenvalue weighted by molar-refractivity contribution is 0.415. The highest BCUT2D eigenvalue weighted by Crippen LogP contribution is 2.26. The van der Waals surface area contributed by atoms with Gasteiger partial charge in [0.15, 0.2) is 0 Å². The Hall–Kier alpha value is -3.45. The zero-order valence-corrected chi connectivity index (χ0v) is 15.2. The van der Waals surface area contributed by atoms with Crippen LogP contribution in [0.4, 0.5) is 16.6 Å². The summed E-state index contributed by atoms with van der Waals surface area (Å²) in [6.07, 6.45) is 1.76. The maximum Gasteiger partial charge on any atom is 0.336 e. The number of aliphatic imine (C=N–C) groups is 1. The van der Waals surface area contributed by atoms with E-state index in [2.05, 4.69) is 15.3 Å². The third kappa shape index (κ3) is 4.04. The summed E-state index contributed by atoms with van der Waals surface area (Å²) in [5.74, 6) is 1.51. The molecule has 0 bridgehead atoms. The first-order valence-electron chi connectivity index (χ1n) is 8.14. The van der Waals surface area contributed by atoms with Crippen LogP contribution >= 0.6 is 11.3 Å². The van der Waals surface area contributed by atoms with Gasteiger partial charge in [-0.3, -0.25) is 0 Å². The lowest BCUT2D eigenvalue weighted by Crippen LogP contribution is -1.95. The third-order valence-electron chi connectivity index (χ3n) is 3.82. The fourth-order valence-electron chi connectivity index (χ4n) is 2.50. The van der Waals surface area contributed by atoms with Crippen LogP contribution in [0.1, 0.15) is 5.56 Å². The van der Waals surface area contributed by atoms with Crippen LogP contribution in [0.25, 0.3) is 11.0 Å². The largest absolute Gasteiger partial charge is 0.497 e. The molecule has 6 nitrogen and oxygen atoms in total. The molecule has 27 heavy (non-hydrogen) atoms. The van der Waals surface area contributed by atoms with Crippen LogP contribution in [-0.4, -0.2) is 18.3 Å². The Labute approximate surface area is 158 Å². The number of fused-ring (bicyclic) bond motifs is 1. The molecule has 0 saturated heterocycles. The molecule has 0 fully saturated rings. The van der Waals surface area contributed by atoms with Gasteiger partial charge < -0.3 is 14.5 Å². The zero-order valence-electron chi connectivity index (χ0n) is 14.4. The van der Waals surface area contributed by atoms with Gasteiger partial charge in [-0.05, 0) is 54.1 Å². The van der Waals surface area contributed by atoms with Crippen LogP contribution in [0.2, 0.25) is 0 Å². The van der Waals surface area contributed by atoms with Crippen LogP contribution in [0.5, 0.6) is 5.75 Å². The second-order valence-corrected chi connectivity index (χ2v) is 6.52. The predicted octanol–water partition coefficient (Wildman–Crippen LogP) is 4.75. The van der Waals surface area contributed by atoms with Crippen molar-refractivity contribution in [2.75, 3.05) is 12.4 Å². The van der Waals surface area contributed by atoms with E-state index in [1.54, 1.807) is 25.5 Å². The van der Waals surface area contributed by atoms with Gasteiger partial charge in [0.05, 0.1) is 7.11 Å². The second-order valence-electron chi connectivity index (χ2n) is 5.68. The fourth-order valence-corrected chi connectivity index (χ4v) is 3.09. The van der Waals surface area contributed by atoms with Gasteiger partial charge in [0.25, 0.3) is 0 Å². The van der Waals surface area contributed by atoms with E-state index in [-0.39, 0.29) is 5.63 Å². The summed E-state index contributed by atoms with van der Waals surface area (Å²) in [4.78, 5) is 20.1. The van der Waals surface area contributed by atoms with Crippen molar-refractivity contribution in [2.45, 2.75) is 0 Å². The average molecular weight is 377 g/mol. The Bertz CT molecular complexity index is 1160. The minimum atomic E-state index is -0.359. The van der Waals surface area contributed by atoms with Crippen LogP contribution in [0, 0.1) is 0 Å². The molecule has 4 rings (SSSR count). The third-order valence-corrected chi connectivity index (χ3v) is 4.57. The van der Waals surface area contributed by atoms with Gasteiger partial charge in [0.1, 0.15) is 17.2 Å². The second kappa shape index (κ2) is 7.43. The quantitative estimate of drug-likeness (QED) is 0.401. The number of rotatable bonds is 5. The maximum atomic E-state index is 11.2. The SMILES string of the molecule is COc1ccc(/C=N/c2nc(Nc3ccc4oc(=O)ccc4c3)cs2)cc1. The number of hydrogen-bond donors (Lipinski definition) is 1. The molecule has 0 amide bonds. The average Bonchev–Trinajstić information content (AvgIpc) is 3.14. The van der Waals surface area contributed by atoms with Crippen molar-refractivity contribution in [3.63, 3.8) is 0 Å². The first-order chi connectivity index (χ1) is 13.2. The monoisotopic (exact) mass is 377 g/mol. The topological polar surface area (TPSA) is 76.7 Å². The van der Waals surface area contributed by atoms with Crippen molar-refractivity contribution in [1.29, 1.82) is 0 Å². The Balaban J connectivity index is 1.48. The van der Waals surface area contributed by atoms with E-state index >= 15 is 0 Å². The van der Waals surface area contributed by atoms with Gasteiger partial charge in [-0.25, -0.2) is 14.8 Å². The normalized spacial score (nSPS) is 11.1. The minimum absolute atomic E-state index is 0.359. The van der Waals surface area contributed by atoms with Gasteiger partial charge in [-0.2, -0.15) is 0 Å². The molecule has 0 atom stereocenters. The summed E-state index contributed by atoms with van der Waals surface area (Å²) in [5.41, 5.74) is 2.02. The van der Waals surface area contributed by atoms with E-state index < -0.39 is 0 Å². The standard InChI is InChI=1S/C20H15N3O3S/c1-25-16-6-2-13(3-7-16)11-21-20-23-18(12-27-20)22-15-5-8-17-14(10-15)4-9-19(24)26-17/h2-12,22H,1H3/b21-11+. The molecule has 2 aromatic carbocycles. The first kappa shape index (κ1) is 17.0. The molecule has 0 unspecified atom stereocenters. The molecule has 0 radical (unpaired) electrons. The lowest BCUT2D eigenvalue weighted by Gasteiger charge is -2.03. The molecule has 134 valence electrons. The van der Waals surface area contributed by atoms with Crippen LogP contribution in [0.3, 0.4) is 0 Å². The summed E-state index contributed by atoms with van der Waals surface area (Å²) in [7, 11) is 1.64. The minimum Gasteiger partial charge on any atom is -0.497 e. The Kier molecular flexibility index (Phi) is 4.67. The Morgan fingerprint density at radius 3 is 2.81 bits per heavy atom. The van der Waals surface area contributed by atoms with E-state index in [1.165, 1.54) is 17.4 Å². The van der Waals surface area contributed by atoms with Crippen molar-refractivity contribution < 1.29 is 9.15 Å². The van der Waals surface area contributed by atoms with Crippen molar-refractivity contribution >= 4 is 45.2 Å². The molecule has 2 heterocycles. The van der Waals surface area contributed by atoms with Crippen molar-refractivity contribution in [2.24, 2.45) is 4.99 Å². The van der Waals surface area contributed by atoms with E-state index in [9.17, 15) is 4.79 Å². The summed E-state index contributed by atoms with van der Waals surface area (Å²) in [5, 5.41) is 6.63. The summed E-state index contributed by atoms with van der Waals surface area (Å²) < 4.78 is 10.3. The molecule has 0 aliphatic rings. The zero-order chi connectivity index (χ0) is 18.6. The molecule has 0 aliphatic heterocycles. The number of hydrogen-bond acceptors (Lipinski definition) is 7. The van der Waals surface area contributed by atoms with Gasteiger partial charge in [0.2, 0.25) is 5.13 Å². The highest BCUT2D eigenvalue weighted by atomic mass is 32.1. The number of ether oxygens (including phenoxy) is 1. The first-order valence-corrected chi connectivity index (χ1v) is 9.02. The molecule has 0 saturated carbocycles. The van der Waals surface area contributed by atoms with Gasteiger partial charge in [-0.1, -0.05) is 0 Å². The summed E-state index contributed by atoms with van der Waals surface area (Å²) >= 11 is 1.45. The number of aromatic nitrogens is 1. The summed E-state index contributed by atoms with van der Waals surface area (Å²) in [6, 6.07) is 16.3. The number of nitrogens with one attached hydrogen (secondary N) is 1. The fraction of sp³-hybridized carbons (Fsp3) is 0.0500. The van der Waals surface area contributed by atoms with Gasteiger partial charge in [0, 0.05) is 28.7 Å². The number of methoxy groups -OCH3 is 1. The van der Waals surface area contributed by atoms with Crippen LogP contribution in [0.15, 0.2) is 74.2 Å². The van der Waals surface area contributed by atoms with E-state index in [1.807, 2.05) is 41.8 Å². The Morgan fingerprint density at radius 2 is 2.00 bits per heavy atom. The van der Waals surface area contributed by atoms with Crippen molar-refractivity contribution in [3.8, 4) is 5.75 Å². The van der Waals surface area contributed by atoms with Crippen molar-refractivity contribution in [1.82, 2.24) is 4.98 Å². The summed E-state index contributed by atoms with van der Waals surface area (Å²) in [6.45, 7) is 0. The number of nitrogens with zero attached hydrogens (tertiary/aromatic N) is 2. The number of thiazole rings is 1. The highest BCUT2D eigenvalue weighted by molar-refractivity contribution is 7.13. The van der Waals surface area contributed by atoms with E-state index in [4.69, 9.17) is 9.15 Å². The van der Waals surface area contributed by atoms with Crippen LogP contribution in [-0.2, 0) is 0 Å². The molecule has 1 N–H and O–H groups in total. The lowest BCUT2D eigenvalue weighted by atomic mass is 10.2. The highest BCUT2D eigenvalue weighted by Gasteiger charge is 2.03. The smallest absolute Gasteiger partial charge is 0.336 e. The van der Waals surface area contributed by atoms with Crippen molar-refractivity contribution in [3.05, 3.63) is 76.0 Å². The molecular formula is C20H15N3O3S. The molecular weight excluding hydrogens is 362 g/mol.